The lowest BCUT2D eigenvalue weighted by atomic mass is 10.1. The summed E-state index contributed by atoms with van der Waals surface area (Å²) in [5, 5.41) is 0. The number of nitrogens with zero attached hydrogens (tertiary/aromatic N) is 2. The summed E-state index contributed by atoms with van der Waals surface area (Å²) in [4.78, 5) is 26.0. The maximum absolute atomic E-state index is 11.4. The summed E-state index contributed by atoms with van der Waals surface area (Å²) in [5.74, 6) is -0.212. The molecule has 0 fully saturated rings. The average molecular weight is 272 g/mol. The first-order valence-corrected chi connectivity index (χ1v) is 6.30. The van der Waals surface area contributed by atoms with E-state index >= 15 is 0 Å². The van der Waals surface area contributed by atoms with E-state index in [0.717, 1.165) is 11.1 Å². The highest BCUT2D eigenvalue weighted by atomic mass is 16.2. The molecule has 0 atom stereocenters. The van der Waals surface area contributed by atoms with Crippen molar-refractivity contribution in [1.29, 1.82) is 0 Å². The van der Waals surface area contributed by atoms with Crippen molar-refractivity contribution in [2.45, 2.75) is 13.1 Å². The van der Waals surface area contributed by atoms with Crippen LogP contribution in [0.5, 0.6) is 0 Å². The van der Waals surface area contributed by atoms with Gasteiger partial charge in [0.15, 0.2) is 0 Å². The van der Waals surface area contributed by atoms with E-state index < -0.39 is 0 Å². The smallest absolute Gasteiger partial charge is 0.245 e. The molecule has 0 heterocycles. The van der Waals surface area contributed by atoms with Crippen LogP contribution >= 0.6 is 0 Å². The number of hydrogen-bond donors (Lipinski definition) is 0. The zero-order chi connectivity index (χ0) is 15.1. The first-order valence-electron chi connectivity index (χ1n) is 6.30. The van der Waals surface area contributed by atoms with Gasteiger partial charge < -0.3 is 9.80 Å². The SMILES string of the molecule is C=CC(=O)N(C)Cc1ccc(CN(C)C(=O)C=C)cc1. The van der Waals surface area contributed by atoms with Crippen LogP contribution in [-0.4, -0.2) is 35.7 Å². The summed E-state index contributed by atoms with van der Waals surface area (Å²) in [6.45, 7) is 7.98. The average Bonchev–Trinajstić information content (AvgIpc) is 2.47. The molecule has 0 aliphatic rings. The summed E-state index contributed by atoms with van der Waals surface area (Å²) in [5.41, 5.74) is 2.06. The molecule has 2 amide bonds. The van der Waals surface area contributed by atoms with Crippen LogP contribution in [0.25, 0.3) is 0 Å². The lowest BCUT2D eigenvalue weighted by molar-refractivity contribution is -0.126. The standard InChI is InChI=1S/C16H20N2O2/c1-5-15(19)17(3)11-13-7-9-14(10-8-13)12-18(4)16(20)6-2/h5-10H,1-2,11-12H2,3-4H3. The number of likely N-dealkylation sites (N-methyl/N-ethyl adjacent to an activating group) is 2. The Kier molecular flexibility index (Phi) is 5.72. The van der Waals surface area contributed by atoms with Crippen LogP contribution in [0.1, 0.15) is 11.1 Å². The maximum atomic E-state index is 11.4. The van der Waals surface area contributed by atoms with Gasteiger partial charge in [-0.3, -0.25) is 9.59 Å². The molecule has 0 spiro atoms. The number of amides is 2. The molecule has 0 aromatic heterocycles. The zero-order valence-electron chi connectivity index (χ0n) is 12.0. The minimum Gasteiger partial charge on any atom is -0.338 e. The highest BCUT2D eigenvalue weighted by Gasteiger charge is 2.07. The predicted octanol–water partition coefficient (Wildman–Crippen LogP) is 1.98. The van der Waals surface area contributed by atoms with Gasteiger partial charge in [0.1, 0.15) is 0 Å². The Bertz CT molecular complexity index is 459. The minimum atomic E-state index is -0.106. The molecule has 20 heavy (non-hydrogen) atoms. The van der Waals surface area contributed by atoms with Crippen LogP contribution in [0, 0.1) is 0 Å². The highest BCUT2D eigenvalue weighted by molar-refractivity contribution is 5.87. The van der Waals surface area contributed by atoms with Crippen molar-refractivity contribution >= 4 is 11.8 Å². The molecule has 4 nitrogen and oxygen atoms in total. The summed E-state index contributed by atoms with van der Waals surface area (Å²) in [7, 11) is 3.46. The molecule has 0 bridgehead atoms. The van der Waals surface area contributed by atoms with Crippen LogP contribution in [0.15, 0.2) is 49.6 Å². The molecule has 1 rings (SSSR count). The van der Waals surface area contributed by atoms with Gasteiger partial charge in [-0.2, -0.15) is 0 Å². The lowest BCUT2D eigenvalue weighted by Gasteiger charge is -2.17. The molecule has 0 unspecified atom stereocenters. The van der Waals surface area contributed by atoms with Crippen molar-refractivity contribution in [3.8, 4) is 0 Å². The highest BCUT2D eigenvalue weighted by Crippen LogP contribution is 2.09. The molecule has 0 aliphatic heterocycles. The quantitative estimate of drug-likeness (QED) is 0.743. The summed E-state index contributed by atoms with van der Waals surface area (Å²) in [6.07, 6.45) is 2.59. The van der Waals surface area contributed by atoms with Crippen molar-refractivity contribution in [2.24, 2.45) is 0 Å². The van der Waals surface area contributed by atoms with Crippen LogP contribution in [-0.2, 0) is 22.7 Å². The van der Waals surface area contributed by atoms with Crippen LogP contribution in [0.2, 0.25) is 0 Å². The van der Waals surface area contributed by atoms with Crippen molar-refractivity contribution < 1.29 is 9.59 Å². The summed E-state index contributed by atoms with van der Waals surface area (Å²) < 4.78 is 0. The van der Waals surface area contributed by atoms with E-state index in [-0.39, 0.29) is 11.8 Å². The third-order valence-corrected chi connectivity index (χ3v) is 2.96. The molecule has 0 aliphatic carbocycles. The van der Waals surface area contributed by atoms with E-state index in [4.69, 9.17) is 0 Å². The largest absolute Gasteiger partial charge is 0.338 e. The van der Waals surface area contributed by atoms with Gasteiger partial charge >= 0.3 is 0 Å². The van der Waals surface area contributed by atoms with E-state index in [1.165, 1.54) is 12.2 Å². The van der Waals surface area contributed by atoms with Gasteiger partial charge in [0.25, 0.3) is 0 Å². The number of carbonyl (C=O) groups excluding carboxylic acids is 2. The monoisotopic (exact) mass is 272 g/mol. The number of benzene rings is 1. The summed E-state index contributed by atoms with van der Waals surface area (Å²) >= 11 is 0. The molecular formula is C16H20N2O2. The van der Waals surface area contributed by atoms with Crippen LogP contribution in [0.4, 0.5) is 0 Å². The first-order chi connectivity index (χ1) is 9.47. The molecule has 0 N–H and O–H groups in total. The Morgan fingerprint density at radius 2 is 1.20 bits per heavy atom. The fourth-order valence-electron chi connectivity index (χ4n) is 1.77. The fraction of sp³-hybridized carbons (Fsp3) is 0.250. The molecule has 1 aromatic rings. The van der Waals surface area contributed by atoms with Gasteiger partial charge in [-0.05, 0) is 23.3 Å². The van der Waals surface area contributed by atoms with Crippen molar-refractivity contribution in [2.75, 3.05) is 14.1 Å². The van der Waals surface area contributed by atoms with E-state index in [1.807, 2.05) is 24.3 Å². The molecule has 4 heteroatoms. The van der Waals surface area contributed by atoms with Crippen molar-refractivity contribution in [3.05, 3.63) is 60.7 Å². The van der Waals surface area contributed by atoms with Crippen molar-refractivity contribution in [3.63, 3.8) is 0 Å². The Labute approximate surface area is 120 Å². The van der Waals surface area contributed by atoms with E-state index in [0.29, 0.717) is 13.1 Å². The predicted molar refractivity (Wildman–Crippen MR) is 79.8 cm³/mol. The molecule has 0 radical (unpaired) electrons. The van der Waals surface area contributed by atoms with Gasteiger partial charge in [-0.25, -0.2) is 0 Å². The van der Waals surface area contributed by atoms with Crippen molar-refractivity contribution in [1.82, 2.24) is 9.80 Å². The second-order valence-electron chi connectivity index (χ2n) is 4.61. The first kappa shape index (κ1) is 15.7. The molecule has 1 aromatic carbocycles. The topological polar surface area (TPSA) is 40.6 Å². The maximum Gasteiger partial charge on any atom is 0.245 e. The molecule has 0 saturated heterocycles. The Hall–Kier alpha value is -2.36. The summed E-state index contributed by atoms with van der Waals surface area (Å²) in [6, 6.07) is 7.81. The second kappa shape index (κ2) is 7.28. The van der Waals surface area contributed by atoms with Gasteiger partial charge in [0.05, 0.1) is 0 Å². The second-order valence-corrected chi connectivity index (χ2v) is 4.61. The van der Waals surface area contributed by atoms with Gasteiger partial charge in [-0.1, -0.05) is 37.4 Å². The van der Waals surface area contributed by atoms with Gasteiger partial charge in [0.2, 0.25) is 11.8 Å². The minimum absolute atomic E-state index is 0.106. The third-order valence-electron chi connectivity index (χ3n) is 2.96. The number of carbonyl (C=O) groups is 2. The Morgan fingerprint density at radius 3 is 1.45 bits per heavy atom. The van der Waals surface area contributed by atoms with E-state index in [9.17, 15) is 9.59 Å². The Balaban J connectivity index is 2.65. The third kappa shape index (κ3) is 4.39. The van der Waals surface area contributed by atoms with Gasteiger partial charge in [-0.15, -0.1) is 0 Å². The van der Waals surface area contributed by atoms with Crippen LogP contribution in [0.3, 0.4) is 0 Å². The van der Waals surface area contributed by atoms with E-state index in [2.05, 4.69) is 13.2 Å². The van der Waals surface area contributed by atoms with Crippen LogP contribution < -0.4 is 0 Å². The lowest BCUT2D eigenvalue weighted by Crippen LogP contribution is -2.24. The molecular weight excluding hydrogens is 252 g/mol. The Morgan fingerprint density at radius 1 is 0.900 bits per heavy atom. The van der Waals surface area contributed by atoms with Gasteiger partial charge in [0, 0.05) is 27.2 Å². The molecule has 106 valence electrons. The number of hydrogen-bond acceptors (Lipinski definition) is 2. The normalized spacial score (nSPS) is 9.70. The fourth-order valence-corrected chi connectivity index (χ4v) is 1.77. The zero-order valence-corrected chi connectivity index (χ0v) is 12.0. The molecule has 0 saturated carbocycles. The van der Waals surface area contributed by atoms with E-state index in [1.54, 1.807) is 23.9 Å². The number of rotatable bonds is 6.